The van der Waals surface area contributed by atoms with Crippen molar-refractivity contribution in [2.24, 2.45) is 0 Å². The minimum absolute atomic E-state index is 0.0657. The number of benzene rings is 2. The number of nitrogen functional groups attached to an aromatic ring is 1. The minimum Gasteiger partial charge on any atom is -0.383 e. The van der Waals surface area contributed by atoms with Crippen molar-refractivity contribution in [2.45, 2.75) is 33.2 Å². The van der Waals surface area contributed by atoms with Crippen LogP contribution in [0.5, 0.6) is 0 Å². The van der Waals surface area contributed by atoms with Gasteiger partial charge in [0.15, 0.2) is 5.69 Å². The molecule has 0 aliphatic rings. The molecule has 0 radical (unpaired) electrons. The number of hydrogen-bond donors (Lipinski definition) is 2. The lowest BCUT2D eigenvalue weighted by Crippen LogP contribution is -2.39. The van der Waals surface area contributed by atoms with Crippen LogP contribution >= 0.6 is 0 Å². The molecular formula is C25H26N6O4. The van der Waals surface area contributed by atoms with Gasteiger partial charge in [-0.05, 0) is 49.7 Å². The number of aryl methyl sites for hydroxylation is 1. The fourth-order valence-corrected chi connectivity index (χ4v) is 4.04. The monoisotopic (exact) mass is 474 g/mol. The third kappa shape index (κ3) is 4.25. The number of hydrogen-bond acceptors (Lipinski definition) is 6. The normalized spacial score (nSPS) is 11.1. The molecule has 4 rings (SSSR count). The van der Waals surface area contributed by atoms with Crippen LogP contribution in [0, 0.1) is 6.92 Å². The number of amides is 1. The molecule has 4 aromatic rings. The maximum Gasteiger partial charge on any atom is 0.330 e. The fraction of sp³-hybridized carbons (Fsp3) is 0.240. The zero-order valence-corrected chi connectivity index (χ0v) is 19.7. The van der Waals surface area contributed by atoms with E-state index in [1.165, 1.54) is 16.2 Å². The molecule has 10 heteroatoms. The van der Waals surface area contributed by atoms with Crippen LogP contribution in [0.25, 0.3) is 16.6 Å². The SMILES string of the molecule is CCCCn1c(N)c(N(C)C(=O)c2ccc(-n3c(C)nc4ccccc4c3=O)cc2)c(=O)[nH]c1=O. The number of aromatic nitrogens is 4. The molecular weight excluding hydrogens is 448 g/mol. The van der Waals surface area contributed by atoms with E-state index in [4.69, 9.17) is 5.73 Å². The molecule has 10 nitrogen and oxygen atoms in total. The molecule has 2 aromatic heterocycles. The molecule has 0 saturated heterocycles. The lowest BCUT2D eigenvalue weighted by atomic mass is 10.1. The maximum atomic E-state index is 13.2. The smallest absolute Gasteiger partial charge is 0.330 e. The van der Waals surface area contributed by atoms with Crippen molar-refractivity contribution in [2.75, 3.05) is 17.7 Å². The summed E-state index contributed by atoms with van der Waals surface area (Å²) in [4.78, 5) is 58.7. The summed E-state index contributed by atoms with van der Waals surface area (Å²) in [6.45, 7) is 4.04. The van der Waals surface area contributed by atoms with Gasteiger partial charge in [0.25, 0.3) is 17.0 Å². The highest BCUT2D eigenvalue weighted by atomic mass is 16.2. The van der Waals surface area contributed by atoms with Gasteiger partial charge in [0.1, 0.15) is 11.6 Å². The van der Waals surface area contributed by atoms with E-state index in [1.807, 2.05) is 13.0 Å². The predicted molar refractivity (Wildman–Crippen MR) is 135 cm³/mol. The molecule has 1 amide bonds. The van der Waals surface area contributed by atoms with Gasteiger partial charge in [0, 0.05) is 19.2 Å². The summed E-state index contributed by atoms with van der Waals surface area (Å²) in [5, 5.41) is 0.492. The average Bonchev–Trinajstić information content (AvgIpc) is 2.83. The van der Waals surface area contributed by atoms with Crippen molar-refractivity contribution < 1.29 is 4.79 Å². The molecule has 0 bridgehead atoms. The highest BCUT2D eigenvalue weighted by molar-refractivity contribution is 6.06. The molecule has 0 aliphatic heterocycles. The van der Waals surface area contributed by atoms with Gasteiger partial charge in [-0.15, -0.1) is 0 Å². The first-order chi connectivity index (χ1) is 16.7. The van der Waals surface area contributed by atoms with Crippen LogP contribution in [0.2, 0.25) is 0 Å². The summed E-state index contributed by atoms with van der Waals surface area (Å²) in [5.41, 5.74) is 5.91. The van der Waals surface area contributed by atoms with E-state index >= 15 is 0 Å². The van der Waals surface area contributed by atoms with Crippen molar-refractivity contribution in [1.29, 1.82) is 0 Å². The third-order valence-corrected chi connectivity index (χ3v) is 5.91. The summed E-state index contributed by atoms with van der Waals surface area (Å²) < 4.78 is 2.74. The average molecular weight is 475 g/mol. The van der Waals surface area contributed by atoms with Crippen molar-refractivity contribution in [3.8, 4) is 5.69 Å². The number of unbranched alkanes of at least 4 members (excludes halogenated alkanes) is 1. The van der Waals surface area contributed by atoms with Crippen LogP contribution in [0.4, 0.5) is 11.5 Å². The fourth-order valence-electron chi connectivity index (χ4n) is 4.04. The van der Waals surface area contributed by atoms with E-state index in [1.54, 1.807) is 49.4 Å². The summed E-state index contributed by atoms with van der Waals surface area (Å²) in [5.74, 6) is -0.0437. The Morgan fingerprint density at radius 3 is 2.46 bits per heavy atom. The lowest BCUT2D eigenvalue weighted by molar-refractivity contribution is 0.0992. The van der Waals surface area contributed by atoms with Crippen molar-refractivity contribution >= 4 is 28.3 Å². The molecule has 0 spiro atoms. The molecule has 180 valence electrons. The zero-order chi connectivity index (χ0) is 25.3. The molecule has 0 atom stereocenters. The van der Waals surface area contributed by atoms with Gasteiger partial charge < -0.3 is 10.6 Å². The standard InChI is InChI=1S/C25H26N6O4/c1-4-5-14-30-21(26)20(22(32)28-25(30)35)29(3)23(33)16-10-12-17(13-11-16)31-15(2)27-19-9-7-6-8-18(19)24(31)34/h6-13H,4-5,14,26H2,1-3H3,(H,28,32,35). The molecule has 2 aromatic carbocycles. The maximum absolute atomic E-state index is 13.2. The lowest BCUT2D eigenvalue weighted by Gasteiger charge is -2.20. The quantitative estimate of drug-likeness (QED) is 0.440. The van der Waals surface area contributed by atoms with Crippen LogP contribution in [-0.4, -0.2) is 32.1 Å². The summed E-state index contributed by atoms with van der Waals surface area (Å²) in [6.07, 6.45) is 1.52. The van der Waals surface area contributed by atoms with Crippen LogP contribution < -0.4 is 27.4 Å². The Labute approximate surface area is 200 Å². The summed E-state index contributed by atoms with van der Waals surface area (Å²) in [7, 11) is 1.42. The number of rotatable bonds is 6. The highest BCUT2D eigenvalue weighted by Crippen LogP contribution is 2.19. The van der Waals surface area contributed by atoms with E-state index in [0.717, 1.165) is 11.3 Å². The molecule has 2 heterocycles. The van der Waals surface area contributed by atoms with E-state index in [0.29, 0.717) is 35.4 Å². The molecule has 3 N–H and O–H groups in total. The Kier molecular flexibility index (Phi) is 6.37. The van der Waals surface area contributed by atoms with Gasteiger partial charge in [-0.25, -0.2) is 9.78 Å². The number of carbonyl (C=O) groups is 1. The topological polar surface area (TPSA) is 136 Å². The van der Waals surface area contributed by atoms with Crippen LogP contribution in [0.3, 0.4) is 0 Å². The summed E-state index contributed by atoms with van der Waals surface area (Å²) in [6, 6.07) is 13.5. The van der Waals surface area contributed by atoms with Gasteiger partial charge in [-0.1, -0.05) is 25.5 Å². The number of nitrogens with two attached hydrogens (primary N) is 1. The van der Waals surface area contributed by atoms with Crippen molar-refractivity contribution in [1.82, 2.24) is 19.1 Å². The van der Waals surface area contributed by atoms with E-state index < -0.39 is 17.2 Å². The van der Waals surface area contributed by atoms with Gasteiger partial charge in [-0.3, -0.25) is 28.5 Å². The van der Waals surface area contributed by atoms with Gasteiger partial charge in [-0.2, -0.15) is 0 Å². The van der Waals surface area contributed by atoms with Gasteiger partial charge in [0.2, 0.25) is 0 Å². The van der Waals surface area contributed by atoms with E-state index in [9.17, 15) is 19.2 Å². The summed E-state index contributed by atoms with van der Waals surface area (Å²) >= 11 is 0. The number of fused-ring (bicyclic) bond motifs is 1. The Morgan fingerprint density at radius 2 is 1.77 bits per heavy atom. The van der Waals surface area contributed by atoms with E-state index in [2.05, 4.69) is 9.97 Å². The Bertz CT molecular complexity index is 1600. The number of carbonyl (C=O) groups excluding carboxylic acids is 1. The second-order valence-corrected chi connectivity index (χ2v) is 8.23. The Morgan fingerprint density at radius 1 is 1.09 bits per heavy atom. The van der Waals surface area contributed by atoms with Crippen LogP contribution in [0.1, 0.15) is 35.9 Å². The minimum atomic E-state index is -0.739. The Balaban J connectivity index is 1.69. The highest BCUT2D eigenvalue weighted by Gasteiger charge is 2.22. The van der Waals surface area contributed by atoms with Crippen molar-refractivity contribution in [3.63, 3.8) is 0 Å². The van der Waals surface area contributed by atoms with Gasteiger partial charge >= 0.3 is 5.69 Å². The first kappa shape index (κ1) is 23.7. The first-order valence-electron chi connectivity index (χ1n) is 11.2. The number of para-hydroxylation sites is 1. The molecule has 0 aliphatic carbocycles. The number of nitrogens with zero attached hydrogens (tertiary/aromatic N) is 4. The Hall–Kier alpha value is -4.47. The first-order valence-corrected chi connectivity index (χ1v) is 11.2. The predicted octanol–water partition coefficient (Wildman–Crippen LogP) is 2.20. The second kappa shape index (κ2) is 9.41. The molecule has 0 saturated carbocycles. The molecule has 0 unspecified atom stereocenters. The number of nitrogens with one attached hydrogen (secondary N) is 1. The molecule has 0 fully saturated rings. The largest absolute Gasteiger partial charge is 0.383 e. The number of aromatic amines is 1. The second-order valence-electron chi connectivity index (χ2n) is 8.23. The van der Waals surface area contributed by atoms with E-state index in [-0.39, 0.29) is 22.6 Å². The third-order valence-electron chi connectivity index (χ3n) is 5.91. The van der Waals surface area contributed by atoms with Gasteiger partial charge in [0.05, 0.1) is 16.6 Å². The molecule has 35 heavy (non-hydrogen) atoms. The van der Waals surface area contributed by atoms with Crippen LogP contribution in [0.15, 0.2) is 62.9 Å². The van der Waals surface area contributed by atoms with Crippen LogP contribution in [-0.2, 0) is 6.54 Å². The zero-order valence-electron chi connectivity index (χ0n) is 19.7. The van der Waals surface area contributed by atoms with Crippen molar-refractivity contribution in [3.05, 3.63) is 91.1 Å². The number of anilines is 2. The number of H-pyrrole nitrogens is 1.